The van der Waals surface area contributed by atoms with E-state index in [1.54, 1.807) is 19.2 Å². The highest BCUT2D eigenvalue weighted by Crippen LogP contribution is 2.18. The van der Waals surface area contributed by atoms with E-state index < -0.39 is 0 Å². The van der Waals surface area contributed by atoms with Crippen LogP contribution in [-0.4, -0.2) is 30.8 Å². The van der Waals surface area contributed by atoms with Gasteiger partial charge in [-0.1, -0.05) is 0 Å². The Morgan fingerprint density at radius 3 is 3.07 bits per heavy atom. The standard InChI is InChI=1S/C11H15FN2O/c1-8-7-14(3-4-15-8)10-5-11(12)9(2)13-6-10/h5-6,8H,3-4,7H2,1-2H3. The van der Waals surface area contributed by atoms with E-state index in [-0.39, 0.29) is 11.9 Å². The molecule has 82 valence electrons. The lowest BCUT2D eigenvalue weighted by molar-refractivity contribution is 0.0532. The summed E-state index contributed by atoms with van der Waals surface area (Å²) in [6.07, 6.45) is 1.92. The molecule has 1 aromatic heterocycles. The maximum absolute atomic E-state index is 13.3. The third-order valence-electron chi connectivity index (χ3n) is 2.62. The topological polar surface area (TPSA) is 25.4 Å². The van der Waals surface area contributed by atoms with Gasteiger partial charge in [0.05, 0.1) is 30.3 Å². The summed E-state index contributed by atoms with van der Waals surface area (Å²) >= 11 is 0. The molecule has 1 saturated heterocycles. The van der Waals surface area contributed by atoms with Gasteiger partial charge in [0, 0.05) is 19.2 Å². The van der Waals surface area contributed by atoms with Gasteiger partial charge in [0.15, 0.2) is 0 Å². The molecule has 2 rings (SSSR count). The van der Waals surface area contributed by atoms with E-state index in [4.69, 9.17) is 4.74 Å². The second-order valence-corrected chi connectivity index (χ2v) is 3.89. The molecule has 4 heteroatoms. The Balaban J connectivity index is 2.18. The minimum Gasteiger partial charge on any atom is -0.375 e. The Hall–Kier alpha value is -1.16. The molecule has 1 atom stereocenters. The average molecular weight is 210 g/mol. The number of ether oxygens (including phenoxy) is 1. The van der Waals surface area contributed by atoms with Gasteiger partial charge in [-0.25, -0.2) is 4.39 Å². The number of hydrogen-bond acceptors (Lipinski definition) is 3. The summed E-state index contributed by atoms with van der Waals surface area (Å²) < 4.78 is 18.7. The van der Waals surface area contributed by atoms with Crippen molar-refractivity contribution in [3.8, 4) is 0 Å². The largest absolute Gasteiger partial charge is 0.375 e. The molecule has 15 heavy (non-hydrogen) atoms. The maximum Gasteiger partial charge on any atom is 0.146 e. The van der Waals surface area contributed by atoms with E-state index in [2.05, 4.69) is 9.88 Å². The van der Waals surface area contributed by atoms with Gasteiger partial charge >= 0.3 is 0 Å². The summed E-state index contributed by atoms with van der Waals surface area (Å²) in [4.78, 5) is 6.12. The van der Waals surface area contributed by atoms with Gasteiger partial charge in [0.1, 0.15) is 5.82 Å². The third-order valence-corrected chi connectivity index (χ3v) is 2.62. The first-order chi connectivity index (χ1) is 7.16. The smallest absolute Gasteiger partial charge is 0.146 e. The second-order valence-electron chi connectivity index (χ2n) is 3.89. The van der Waals surface area contributed by atoms with Crippen molar-refractivity contribution in [2.45, 2.75) is 20.0 Å². The summed E-state index contributed by atoms with van der Waals surface area (Å²) in [6, 6.07) is 1.54. The number of nitrogens with zero attached hydrogens (tertiary/aromatic N) is 2. The number of pyridine rings is 1. The fraction of sp³-hybridized carbons (Fsp3) is 0.545. The molecular formula is C11H15FN2O. The lowest BCUT2D eigenvalue weighted by Gasteiger charge is -2.32. The normalized spacial score (nSPS) is 21.8. The van der Waals surface area contributed by atoms with Crippen LogP contribution in [0.5, 0.6) is 0 Å². The van der Waals surface area contributed by atoms with Crippen LogP contribution in [0.1, 0.15) is 12.6 Å². The number of rotatable bonds is 1. The number of hydrogen-bond donors (Lipinski definition) is 0. The van der Waals surface area contributed by atoms with E-state index in [1.165, 1.54) is 0 Å². The summed E-state index contributed by atoms with van der Waals surface area (Å²) in [5.74, 6) is -0.244. The van der Waals surface area contributed by atoms with Crippen molar-refractivity contribution < 1.29 is 9.13 Å². The van der Waals surface area contributed by atoms with Gasteiger partial charge in [-0.2, -0.15) is 0 Å². The van der Waals surface area contributed by atoms with Crippen molar-refractivity contribution in [1.29, 1.82) is 0 Å². The van der Waals surface area contributed by atoms with Crippen LogP contribution in [0.25, 0.3) is 0 Å². The van der Waals surface area contributed by atoms with Gasteiger partial charge in [-0.15, -0.1) is 0 Å². The van der Waals surface area contributed by atoms with Gasteiger partial charge in [-0.05, 0) is 13.8 Å². The number of aryl methyl sites for hydroxylation is 1. The number of morpholine rings is 1. The van der Waals surface area contributed by atoms with E-state index in [0.29, 0.717) is 12.3 Å². The highest BCUT2D eigenvalue weighted by atomic mass is 19.1. The Morgan fingerprint density at radius 2 is 2.40 bits per heavy atom. The van der Waals surface area contributed by atoms with Gasteiger partial charge in [-0.3, -0.25) is 4.98 Å². The summed E-state index contributed by atoms with van der Waals surface area (Å²) in [6.45, 7) is 5.97. The molecule has 0 aromatic carbocycles. The Kier molecular flexibility index (Phi) is 2.86. The van der Waals surface area contributed by atoms with Gasteiger partial charge in [0.25, 0.3) is 0 Å². The van der Waals surface area contributed by atoms with E-state index in [0.717, 1.165) is 18.8 Å². The molecule has 0 spiro atoms. The molecule has 1 fully saturated rings. The minimum atomic E-state index is -0.244. The summed E-state index contributed by atoms with van der Waals surface area (Å²) in [5.41, 5.74) is 1.29. The lowest BCUT2D eigenvalue weighted by Crippen LogP contribution is -2.41. The van der Waals surface area contributed by atoms with Crippen molar-refractivity contribution in [3.05, 3.63) is 23.8 Å². The molecule has 0 saturated carbocycles. The van der Waals surface area contributed by atoms with E-state index in [1.807, 2.05) is 6.92 Å². The van der Waals surface area contributed by atoms with Crippen LogP contribution < -0.4 is 4.90 Å². The van der Waals surface area contributed by atoms with E-state index in [9.17, 15) is 4.39 Å². The first-order valence-corrected chi connectivity index (χ1v) is 5.15. The van der Waals surface area contributed by atoms with Crippen molar-refractivity contribution in [1.82, 2.24) is 4.98 Å². The molecule has 0 amide bonds. The minimum absolute atomic E-state index is 0.197. The molecule has 1 aliphatic heterocycles. The molecule has 0 N–H and O–H groups in total. The molecule has 3 nitrogen and oxygen atoms in total. The highest BCUT2D eigenvalue weighted by molar-refractivity contribution is 5.45. The molecular weight excluding hydrogens is 195 g/mol. The zero-order chi connectivity index (χ0) is 10.8. The second kappa shape index (κ2) is 4.14. The molecule has 1 aliphatic rings. The summed E-state index contributed by atoms with van der Waals surface area (Å²) in [7, 11) is 0. The zero-order valence-corrected chi connectivity index (χ0v) is 9.03. The summed E-state index contributed by atoms with van der Waals surface area (Å²) in [5, 5.41) is 0. The van der Waals surface area contributed by atoms with Crippen molar-refractivity contribution in [2.75, 3.05) is 24.6 Å². The molecule has 2 heterocycles. The van der Waals surface area contributed by atoms with Crippen LogP contribution in [0, 0.1) is 12.7 Å². The molecule has 0 aliphatic carbocycles. The molecule has 1 aromatic rings. The maximum atomic E-state index is 13.3. The fourth-order valence-corrected chi connectivity index (χ4v) is 1.72. The van der Waals surface area contributed by atoms with Crippen molar-refractivity contribution in [2.24, 2.45) is 0 Å². The Labute approximate surface area is 88.9 Å². The molecule has 0 radical (unpaired) electrons. The predicted octanol–water partition coefficient (Wildman–Crippen LogP) is 1.75. The lowest BCUT2D eigenvalue weighted by atomic mass is 10.2. The first kappa shape index (κ1) is 10.4. The highest BCUT2D eigenvalue weighted by Gasteiger charge is 2.17. The quantitative estimate of drug-likeness (QED) is 0.706. The molecule has 1 unspecified atom stereocenters. The van der Waals surface area contributed by atoms with Gasteiger partial charge in [0.2, 0.25) is 0 Å². The van der Waals surface area contributed by atoms with Crippen LogP contribution in [0.15, 0.2) is 12.3 Å². The van der Waals surface area contributed by atoms with E-state index >= 15 is 0 Å². The van der Waals surface area contributed by atoms with Gasteiger partial charge < -0.3 is 9.64 Å². The van der Waals surface area contributed by atoms with Crippen molar-refractivity contribution >= 4 is 5.69 Å². The average Bonchev–Trinajstić information content (AvgIpc) is 2.22. The van der Waals surface area contributed by atoms with Crippen LogP contribution in [0.2, 0.25) is 0 Å². The van der Waals surface area contributed by atoms with Crippen molar-refractivity contribution in [3.63, 3.8) is 0 Å². The monoisotopic (exact) mass is 210 g/mol. The zero-order valence-electron chi connectivity index (χ0n) is 9.03. The number of halogens is 1. The predicted molar refractivity (Wildman–Crippen MR) is 56.6 cm³/mol. The Bertz CT molecular complexity index is 356. The number of aromatic nitrogens is 1. The SMILES string of the molecule is Cc1ncc(N2CCOC(C)C2)cc1F. The van der Waals surface area contributed by atoms with Crippen LogP contribution in [0.3, 0.4) is 0 Å². The van der Waals surface area contributed by atoms with Crippen LogP contribution in [-0.2, 0) is 4.74 Å². The number of anilines is 1. The fourth-order valence-electron chi connectivity index (χ4n) is 1.72. The van der Waals surface area contributed by atoms with Crippen LogP contribution >= 0.6 is 0 Å². The Morgan fingerprint density at radius 1 is 1.60 bits per heavy atom. The third kappa shape index (κ3) is 2.26. The first-order valence-electron chi connectivity index (χ1n) is 5.15. The van der Waals surface area contributed by atoms with Crippen LogP contribution in [0.4, 0.5) is 10.1 Å². The molecule has 0 bridgehead atoms.